The molecule has 48 heavy (non-hydrogen) atoms. The first-order chi connectivity index (χ1) is 23.0. The van der Waals surface area contributed by atoms with Crippen molar-refractivity contribution >= 4 is 52.2 Å². The average molecular weight is 710 g/mol. The number of anilines is 2. The summed E-state index contributed by atoms with van der Waals surface area (Å²) in [7, 11) is 1.38. The number of piperazine rings is 1. The van der Waals surface area contributed by atoms with Gasteiger partial charge in [0.05, 0.1) is 34.4 Å². The molecular weight excluding hydrogens is 667 g/mol. The highest BCUT2D eigenvalue weighted by Gasteiger charge is 2.38. The Morgan fingerprint density at radius 2 is 1.67 bits per heavy atom. The Kier molecular flexibility index (Phi) is 10.7. The fourth-order valence-corrected chi connectivity index (χ4v) is 8.72. The number of nitrogens with zero attached hydrogens (tertiary/aromatic N) is 4. The largest absolute Gasteiger partial charge is 0.418 e. The summed E-state index contributed by atoms with van der Waals surface area (Å²) >= 11 is 7.85. The predicted molar refractivity (Wildman–Crippen MR) is 180 cm³/mol. The highest BCUT2D eigenvalue weighted by Crippen LogP contribution is 2.40. The lowest BCUT2D eigenvalue weighted by Gasteiger charge is -2.41. The maximum atomic E-state index is 14.1. The third kappa shape index (κ3) is 7.71. The predicted octanol–water partition coefficient (Wildman–Crippen LogP) is 4.95. The van der Waals surface area contributed by atoms with E-state index in [0.29, 0.717) is 51.6 Å². The number of carbonyl (C=O) groups is 3. The number of likely N-dealkylation sites (tertiary alicyclic amines) is 2. The van der Waals surface area contributed by atoms with Gasteiger partial charge in [-0.25, -0.2) is 4.79 Å². The number of halogens is 4. The minimum Gasteiger partial charge on any atom is -0.386 e. The van der Waals surface area contributed by atoms with Gasteiger partial charge in [-0.15, -0.1) is 11.3 Å². The molecule has 2 aromatic rings. The first-order valence-electron chi connectivity index (χ1n) is 16.7. The third-order valence-electron chi connectivity index (χ3n) is 10.2. The van der Waals surface area contributed by atoms with E-state index in [2.05, 4.69) is 20.9 Å². The van der Waals surface area contributed by atoms with Crippen molar-refractivity contribution in [1.82, 2.24) is 24.9 Å². The first-order valence-corrected chi connectivity index (χ1v) is 18.0. The fourth-order valence-electron chi connectivity index (χ4n) is 7.61. The van der Waals surface area contributed by atoms with E-state index >= 15 is 0 Å². The SMILES string of the molecule is CNc1c(Cl)cc(C[C@@H](CC(=O)N2CCC(N3Cc4cscc4NC3=O)CC2)C(=O)N2CCC(N3CCNCC3)CC2)cc1C(F)(F)F. The van der Waals surface area contributed by atoms with Crippen LogP contribution in [-0.4, -0.2) is 109 Å². The summed E-state index contributed by atoms with van der Waals surface area (Å²) in [6.45, 7) is 6.29. The summed E-state index contributed by atoms with van der Waals surface area (Å²) in [5, 5.41) is 12.7. The van der Waals surface area contributed by atoms with E-state index in [0.717, 1.165) is 56.3 Å². The average Bonchev–Trinajstić information content (AvgIpc) is 3.54. The molecule has 0 bridgehead atoms. The number of amides is 4. The molecule has 5 heterocycles. The minimum atomic E-state index is -4.65. The molecule has 4 aliphatic rings. The van der Waals surface area contributed by atoms with E-state index in [1.807, 2.05) is 15.7 Å². The van der Waals surface area contributed by atoms with Crippen LogP contribution in [0.4, 0.5) is 29.3 Å². The van der Waals surface area contributed by atoms with Crippen molar-refractivity contribution in [1.29, 1.82) is 0 Å². The van der Waals surface area contributed by atoms with Crippen LogP contribution in [0.1, 0.15) is 48.8 Å². The van der Waals surface area contributed by atoms with E-state index in [1.165, 1.54) is 13.1 Å². The van der Waals surface area contributed by atoms with E-state index in [1.54, 1.807) is 21.1 Å². The number of benzene rings is 1. The monoisotopic (exact) mass is 709 g/mol. The van der Waals surface area contributed by atoms with Gasteiger partial charge in [-0.1, -0.05) is 11.6 Å². The van der Waals surface area contributed by atoms with Crippen molar-refractivity contribution in [3.8, 4) is 0 Å². The molecule has 3 saturated heterocycles. The Hall–Kier alpha value is -3.07. The Morgan fingerprint density at radius 1 is 1.00 bits per heavy atom. The quantitative estimate of drug-likeness (QED) is 0.359. The number of piperidine rings is 2. The minimum absolute atomic E-state index is 0.0230. The second-order valence-corrected chi connectivity index (χ2v) is 14.3. The van der Waals surface area contributed by atoms with Crippen LogP contribution in [0.15, 0.2) is 22.9 Å². The van der Waals surface area contributed by atoms with Gasteiger partial charge in [-0.05, 0) is 55.2 Å². The van der Waals surface area contributed by atoms with Gasteiger partial charge in [0.15, 0.2) is 0 Å². The molecule has 15 heteroatoms. The molecule has 3 fully saturated rings. The Morgan fingerprint density at radius 3 is 2.33 bits per heavy atom. The second kappa shape index (κ2) is 14.8. The van der Waals surface area contributed by atoms with E-state index in [9.17, 15) is 27.6 Å². The van der Waals surface area contributed by atoms with Crippen molar-refractivity contribution in [2.24, 2.45) is 5.92 Å². The molecule has 1 aromatic carbocycles. The molecule has 3 N–H and O–H groups in total. The van der Waals surface area contributed by atoms with E-state index in [-0.39, 0.29) is 53.0 Å². The van der Waals surface area contributed by atoms with Gasteiger partial charge in [0.2, 0.25) is 11.8 Å². The van der Waals surface area contributed by atoms with Crippen LogP contribution in [0.2, 0.25) is 5.02 Å². The van der Waals surface area contributed by atoms with Gasteiger partial charge in [-0.3, -0.25) is 14.5 Å². The zero-order chi connectivity index (χ0) is 34.0. The fraction of sp³-hybridized carbons (Fsp3) is 0.606. The number of carbonyl (C=O) groups excluding carboxylic acids is 3. The number of hydrogen-bond acceptors (Lipinski definition) is 7. The van der Waals surface area contributed by atoms with Crippen LogP contribution in [0.25, 0.3) is 0 Å². The number of fused-ring (bicyclic) bond motifs is 1. The molecule has 4 amide bonds. The molecule has 6 rings (SSSR count). The van der Waals surface area contributed by atoms with Gasteiger partial charge < -0.3 is 30.7 Å². The maximum Gasteiger partial charge on any atom is 0.418 e. The van der Waals surface area contributed by atoms with Gasteiger partial charge in [0.25, 0.3) is 0 Å². The van der Waals surface area contributed by atoms with Crippen LogP contribution in [0, 0.1) is 5.92 Å². The highest BCUT2D eigenvalue weighted by atomic mass is 35.5. The summed E-state index contributed by atoms with van der Waals surface area (Å²) in [6.07, 6.45) is -1.96. The Labute approximate surface area is 287 Å². The van der Waals surface area contributed by atoms with Crippen LogP contribution in [-0.2, 0) is 28.7 Å². The van der Waals surface area contributed by atoms with Crippen LogP contribution in [0.5, 0.6) is 0 Å². The van der Waals surface area contributed by atoms with Crippen molar-refractivity contribution in [3.05, 3.63) is 44.6 Å². The molecule has 0 spiro atoms. The maximum absolute atomic E-state index is 14.1. The van der Waals surface area contributed by atoms with Gasteiger partial charge in [0, 0.05) is 88.9 Å². The molecule has 0 radical (unpaired) electrons. The first kappa shape index (κ1) is 34.8. The Bertz CT molecular complexity index is 1490. The summed E-state index contributed by atoms with van der Waals surface area (Å²) in [4.78, 5) is 48.4. The van der Waals surface area contributed by atoms with Gasteiger partial charge in [0.1, 0.15) is 0 Å². The second-order valence-electron chi connectivity index (χ2n) is 13.2. The zero-order valence-electron chi connectivity index (χ0n) is 27.1. The molecule has 1 aromatic heterocycles. The summed E-state index contributed by atoms with van der Waals surface area (Å²) in [6, 6.07) is 2.71. The molecule has 0 unspecified atom stereocenters. The number of alkyl halides is 3. The topological polar surface area (TPSA) is 100 Å². The number of urea groups is 1. The number of thiophene rings is 1. The third-order valence-corrected chi connectivity index (χ3v) is 11.3. The number of rotatable bonds is 8. The number of hydrogen-bond donors (Lipinski definition) is 3. The molecule has 10 nitrogen and oxygen atoms in total. The van der Waals surface area contributed by atoms with E-state index in [4.69, 9.17) is 11.6 Å². The van der Waals surface area contributed by atoms with Crippen molar-refractivity contribution in [2.45, 2.75) is 63.3 Å². The highest BCUT2D eigenvalue weighted by molar-refractivity contribution is 7.08. The lowest BCUT2D eigenvalue weighted by molar-refractivity contribution is -0.143. The number of nitrogens with one attached hydrogen (secondary N) is 3. The lowest BCUT2D eigenvalue weighted by atomic mass is 9.91. The lowest BCUT2D eigenvalue weighted by Crippen LogP contribution is -2.53. The van der Waals surface area contributed by atoms with Crippen LogP contribution < -0.4 is 16.0 Å². The Balaban J connectivity index is 1.14. The van der Waals surface area contributed by atoms with Gasteiger partial charge in [-0.2, -0.15) is 13.2 Å². The zero-order valence-corrected chi connectivity index (χ0v) is 28.7. The summed E-state index contributed by atoms with van der Waals surface area (Å²) < 4.78 is 42.0. The molecule has 0 aliphatic carbocycles. The van der Waals surface area contributed by atoms with Crippen LogP contribution in [0.3, 0.4) is 0 Å². The summed E-state index contributed by atoms with van der Waals surface area (Å²) in [5.74, 6) is -1.26. The standard InChI is InChI=1S/C33H43ClF3N7O3S/c1-38-30-26(33(35,36)37)15-21(16-27(30)34)14-22(31(46)43-10-2-24(3-11-43)41-12-6-39-7-13-41)17-29(45)42-8-4-25(5-9-42)44-18-23-19-48-20-28(23)40-32(44)47/h15-16,19-20,22,24-25,38-39H,2-14,17-18H2,1H3,(H,40,47)/t22-/m0/s1. The van der Waals surface area contributed by atoms with Gasteiger partial charge >= 0.3 is 12.2 Å². The molecule has 262 valence electrons. The van der Waals surface area contributed by atoms with Crippen molar-refractivity contribution in [3.63, 3.8) is 0 Å². The summed E-state index contributed by atoms with van der Waals surface area (Å²) in [5.41, 5.74) is 1.06. The molecule has 4 aliphatic heterocycles. The smallest absolute Gasteiger partial charge is 0.386 e. The molecule has 0 saturated carbocycles. The van der Waals surface area contributed by atoms with Crippen molar-refractivity contribution < 1.29 is 27.6 Å². The normalized spacial score (nSPS) is 20.8. The van der Waals surface area contributed by atoms with Crippen LogP contribution >= 0.6 is 22.9 Å². The molecular formula is C33H43ClF3N7O3S. The molecule has 1 atom stereocenters. The van der Waals surface area contributed by atoms with Crippen molar-refractivity contribution in [2.75, 3.05) is 70.0 Å². The van der Waals surface area contributed by atoms with E-state index < -0.39 is 17.7 Å².